The topological polar surface area (TPSA) is 166 Å². The summed E-state index contributed by atoms with van der Waals surface area (Å²) < 4.78 is 4.90. The van der Waals surface area contributed by atoms with Gasteiger partial charge in [-0.1, -0.05) is 0 Å². The third-order valence-corrected chi connectivity index (χ3v) is 2.27. The molecule has 9 heteroatoms. The van der Waals surface area contributed by atoms with E-state index < -0.39 is 43.9 Å². The smallest absolute Gasteiger partial charge is 0.135 e. The van der Waals surface area contributed by atoms with Crippen LogP contribution in [-0.2, 0) is 4.74 Å². The van der Waals surface area contributed by atoms with Gasteiger partial charge < -0.3 is 40.9 Å². The van der Waals surface area contributed by atoms with Crippen LogP contribution in [0.4, 0.5) is 0 Å². The van der Waals surface area contributed by atoms with Crippen LogP contribution in [0.3, 0.4) is 0 Å². The summed E-state index contributed by atoms with van der Waals surface area (Å²) in [5, 5.41) is 61.2. The Morgan fingerprint density at radius 2 is 1.67 bits per heavy atom. The predicted octanol–water partition coefficient (Wildman–Crippen LogP) is -3.22. The normalized spacial score (nSPS) is 19.9. The molecule has 0 heterocycles. The van der Waals surface area contributed by atoms with Gasteiger partial charge in [-0.25, -0.2) is 0 Å². The molecule has 0 saturated carbocycles. The predicted molar refractivity (Wildman–Crippen MR) is 59.2 cm³/mol. The second-order valence-corrected chi connectivity index (χ2v) is 3.69. The molecule has 0 aromatic rings. The van der Waals surface area contributed by atoms with E-state index in [1.54, 1.807) is 5.48 Å². The molecule has 0 saturated heterocycles. The zero-order valence-corrected chi connectivity index (χ0v) is 9.68. The van der Waals surface area contributed by atoms with E-state index in [-0.39, 0.29) is 6.42 Å². The first-order valence-corrected chi connectivity index (χ1v) is 5.31. The van der Waals surface area contributed by atoms with Crippen LogP contribution < -0.4 is 5.48 Å². The molecule has 0 aromatic carbocycles. The van der Waals surface area contributed by atoms with Gasteiger partial charge in [-0.3, -0.25) is 0 Å². The van der Waals surface area contributed by atoms with E-state index in [2.05, 4.69) is 0 Å². The number of hydrogen-bond donors (Lipinski definition) is 8. The summed E-state index contributed by atoms with van der Waals surface area (Å²) in [7, 11) is 0. The van der Waals surface area contributed by atoms with Gasteiger partial charge in [-0.15, -0.1) is 0 Å². The fraction of sp³-hybridized carbons (Fsp3) is 0.889. The van der Waals surface area contributed by atoms with Crippen LogP contribution in [0.15, 0.2) is 0 Å². The van der Waals surface area contributed by atoms with Gasteiger partial charge >= 0.3 is 0 Å². The highest BCUT2D eigenvalue weighted by Crippen LogP contribution is 2.06. The van der Waals surface area contributed by atoms with Crippen molar-refractivity contribution in [2.75, 3.05) is 13.2 Å². The average molecular weight is 268 g/mol. The van der Waals surface area contributed by atoms with Crippen LogP contribution in [0, 0.1) is 5.41 Å². The number of ether oxygens (including phenoxy) is 1. The molecule has 0 aliphatic heterocycles. The first-order chi connectivity index (χ1) is 8.47. The summed E-state index contributed by atoms with van der Waals surface area (Å²) in [4.78, 5) is 0. The Labute approximate surface area is 104 Å². The molecule has 0 rings (SSSR count). The lowest BCUT2D eigenvalue weighted by Crippen LogP contribution is -2.48. The Hall–Kier alpha value is -0.650. The lowest BCUT2D eigenvalue weighted by atomic mass is 10.0. The van der Waals surface area contributed by atoms with Crippen molar-refractivity contribution in [3.8, 4) is 0 Å². The van der Waals surface area contributed by atoms with Gasteiger partial charge in [0.2, 0.25) is 0 Å². The van der Waals surface area contributed by atoms with Gasteiger partial charge in [0.1, 0.15) is 30.6 Å². The summed E-state index contributed by atoms with van der Waals surface area (Å²) >= 11 is 0. The largest absolute Gasteiger partial charge is 0.394 e. The molecule has 0 amide bonds. The number of aliphatic hydroxyl groups is 5. The van der Waals surface area contributed by atoms with E-state index in [1.165, 1.54) is 0 Å². The van der Waals surface area contributed by atoms with Gasteiger partial charge in [0.15, 0.2) is 0 Å². The maximum atomic E-state index is 9.45. The van der Waals surface area contributed by atoms with E-state index in [4.69, 9.17) is 25.6 Å². The quantitative estimate of drug-likeness (QED) is 0.116. The summed E-state index contributed by atoms with van der Waals surface area (Å²) in [5.74, 6) is 0. The Morgan fingerprint density at radius 3 is 2.11 bits per heavy atom. The minimum atomic E-state index is -1.73. The van der Waals surface area contributed by atoms with Crippen LogP contribution >= 0.6 is 0 Å². The number of hydroxylamine groups is 1. The van der Waals surface area contributed by atoms with Crippen LogP contribution in [0.1, 0.15) is 6.42 Å². The molecule has 0 aromatic heterocycles. The van der Waals surface area contributed by atoms with Gasteiger partial charge in [0, 0.05) is 6.42 Å². The fourth-order valence-electron chi connectivity index (χ4n) is 1.14. The molecule has 0 radical (unpaired) electrons. The van der Waals surface area contributed by atoms with E-state index in [1.807, 2.05) is 0 Å². The van der Waals surface area contributed by atoms with Crippen molar-refractivity contribution in [1.82, 2.24) is 5.48 Å². The van der Waals surface area contributed by atoms with Crippen LogP contribution in [0.25, 0.3) is 0 Å². The van der Waals surface area contributed by atoms with Gasteiger partial charge in [-0.2, -0.15) is 5.48 Å². The number of hydrogen-bond acceptors (Lipinski definition) is 9. The molecular formula is C9H20N2O7. The van der Waals surface area contributed by atoms with Crippen molar-refractivity contribution >= 4 is 6.21 Å². The van der Waals surface area contributed by atoms with Crippen molar-refractivity contribution in [3.05, 3.63) is 0 Å². The summed E-state index contributed by atoms with van der Waals surface area (Å²) in [6, 6.07) is 0. The third-order valence-electron chi connectivity index (χ3n) is 2.27. The minimum Gasteiger partial charge on any atom is -0.394 e. The molecular weight excluding hydrogens is 248 g/mol. The van der Waals surface area contributed by atoms with E-state index >= 15 is 0 Å². The summed E-state index contributed by atoms with van der Waals surface area (Å²) in [5.41, 5.74) is 1.74. The molecule has 18 heavy (non-hydrogen) atoms. The Kier molecular flexibility index (Phi) is 8.97. The highest BCUT2D eigenvalue weighted by atomic mass is 16.6. The SMILES string of the molecule is N=CCC(NO)OCC(O)C(O)C(O)C(O)CO. The molecule has 0 bridgehead atoms. The lowest BCUT2D eigenvalue weighted by molar-refractivity contribution is -0.144. The van der Waals surface area contributed by atoms with Crippen LogP contribution in [0.5, 0.6) is 0 Å². The highest BCUT2D eigenvalue weighted by molar-refractivity contribution is 5.53. The monoisotopic (exact) mass is 268 g/mol. The molecule has 0 aliphatic carbocycles. The number of nitrogens with one attached hydrogen (secondary N) is 2. The molecule has 9 nitrogen and oxygen atoms in total. The fourth-order valence-corrected chi connectivity index (χ4v) is 1.14. The summed E-state index contributed by atoms with van der Waals surface area (Å²) in [6.07, 6.45) is -6.46. The summed E-state index contributed by atoms with van der Waals surface area (Å²) in [6.45, 7) is -1.21. The average Bonchev–Trinajstić information content (AvgIpc) is 2.40. The minimum absolute atomic E-state index is 0.0428. The first-order valence-electron chi connectivity index (χ1n) is 5.31. The molecule has 5 unspecified atom stereocenters. The molecule has 5 atom stereocenters. The van der Waals surface area contributed by atoms with Crippen molar-refractivity contribution in [2.45, 2.75) is 37.1 Å². The van der Waals surface area contributed by atoms with Crippen molar-refractivity contribution in [3.63, 3.8) is 0 Å². The van der Waals surface area contributed by atoms with Crippen LogP contribution in [-0.4, -0.2) is 80.8 Å². The Balaban J connectivity index is 4.14. The van der Waals surface area contributed by atoms with Crippen molar-refractivity contribution in [1.29, 1.82) is 5.41 Å². The Morgan fingerprint density at radius 1 is 1.11 bits per heavy atom. The van der Waals surface area contributed by atoms with E-state index in [0.717, 1.165) is 6.21 Å². The third kappa shape index (κ3) is 5.80. The lowest BCUT2D eigenvalue weighted by Gasteiger charge is -2.26. The zero-order chi connectivity index (χ0) is 14.1. The number of rotatable bonds is 10. The molecule has 0 fully saturated rings. The molecule has 8 N–H and O–H groups in total. The zero-order valence-electron chi connectivity index (χ0n) is 9.68. The molecule has 0 aliphatic rings. The molecule has 0 spiro atoms. The first kappa shape index (κ1) is 17.4. The Bertz CT molecular complexity index is 231. The van der Waals surface area contributed by atoms with E-state index in [9.17, 15) is 15.3 Å². The standard InChI is InChI=1S/C9H20N2O7/c10-2-1-7(11-17)18-4-6(14)9(16)8(15)5(13)3-12/h2,5-17H,1,3-4H2. The maximum absolute atomic E-state index is 9.45. The number of aliphatic hydroxyl groups excluding tert-OH is 5. The van der Waals surface area contributed by atoms with Gasteiger partial charge in [0.05, 0.1) is 13.2 Å². The van der Waals surface area contributed by atoms with Gasteiger partial charge in [0.25, 0.3) is 0 Å². The van der Waals surface area contributed by atoms with Crippen molar-refractivity contribution in [2.24, 2.45) is 0 Å². The van der Waals surface area contributed by atoms with Gasteiger partial charge in [-0.05, 0) is 6.21 Å². The molecule has 108 valence electrons. The second-order valence-electron chi connectivity index (χ2n) is 3.69. The maximum Gasteiger partial charge on any atom is 0.135 e. The second kappa shape index (κ2) is 9.30. The van der Waals surface area contributed by atoms with Crippen molar-refractivity contribution < 1.29 is 35.5 Å². The highest BCUT2D eigenvalue weighted by Gasteiger charge is 2.30. The van der Waals surface area contributed by atoms with Crippen LogP contribution in [0.2, 0.25) is 0 Å². The van der Waals surface area contributed by atoms with E-state index in [0.29, 0.717) is 0 Å².